The fraction of sp³-hybridized carbons (Fsp3) is 0.548. The van der Waals surface area contributed by atoms with Crippen LogP contribution in [0.3, 0.4) is 0 Å². The van der Waals surface area contributed by atoms with Gasteiger partial charge in [0.1, 0.15) is 54.2 Å². The first-order valence-electron chi connectivity index (χ1n) is 14.8. The zero-order valence-corrected chi connectivity index (χ0v) is 26.6. The maximum absolute atomic E-state index is 14.4. The molecule has 17 nitrogen and oxygen atoms in total. The van der Waals surface area contributed by atoms with Gasteiger partial charge in [0, 0.05) is 16.7 Å². The number of methoxy groups -OCH3 is 4. The predicted octanol–water partition coefficient (Wildman–Crippen LogP) is -2.19. The van der Waals surface area contributed by atoms with Gasteiger partial charge in [-0.2, -0.15) is 0 Å². The van der Waals surface area contributed by atoms with E-state index in [0.717, 1.165) is 0 Å². The normalized spacial score (nSPS) is 31.5. The van der Waals surface area contributed by atoms with Crippen LogP contribution in [-0.4, -0.2) is 150 Å². The van der Waals surface area contributed by atoms with E-state index in [0.29, 0.717) is 0 Å². The quantitative estimate of drug-likeness (QED) is 0.120. The molecular formula is C31H38O17. The second-order valence-electron chi connectivity index (χ2n) is 11.3. The summed E-state index contributed by atoms with van der Waals surface area (Å²) in [5.41, 5.74) is -0.426. The molecule has 2 aromatic carbocycles. The smallest absolute Gasteiger partial charge is 0.229 e. The number of rotatable bonds is 10. The number of carbonyl (C=O) groups is 2. The monoisotopic (exact) mass is 682 g/mol. The van der Waals surface area contributed by atoms with Crippen molar-refractivity contribution in [2.24, 2.45) is 0 Å². The lowest BCUT2D eigenvalue weighted by Gasteiger charge is -2.46. The molecule has 0 aromatic heterocycles. The van der Waals surface area contributed by atoms with E-state index in [-0.39, 0.29) is 56.6 Å². The van der Waals surface area contributed by atoms with Crippen LogP contribution in [0.4, 0.5) is 0 Å². The average molecular weight is 683 g/mol. The zero-order chi connectivity index (χ0) is 35.2. The molecule has 2 saturated heterocycles. The molecule has 0 bridgehead atoms. The molecule has 0 saturated carbocycles. The number of hydrogen-bond donors (Lipinski definition) is 7. The Hall–Kier alpha value is -3.62. The maximum Gasteiger partial charge on any atom is 0.229 e. The Labute approximate surface area is 273 Å². The van der Waals surface area contributed by atoms with Crippen molar-refractivity contribution in [1.29, 1.82) is 0 Å². The fourth-order valence-corrected chi connectivity index (χ4v) is 6.07. The minimum atomic E-state index is -1.91. The lowest BCUT2D eigenvalue weighted by molar-refractivity contribution is -0.357. The molecule has 10 atom stereocenters. The summed E-state index contributed by atoms with van der Waals surface area (Å²) in [4.78, 5) is 28.4. The van der Waals surface area contributed by atoms with Gasteiger partial charge in [-0.05, 0) is 19.1 Å². The topological polar surface area (TPSA) is 250 Å². The van der Waals surface area contributed by atoms with Crippen molar-refractivity contribution >= 4 is 11.6 Å². The molecule has 2 fully saturated rings. The Bertz CT molecular complexity index is 1540. The number of fused-ring (bicyclic) bond motifs is 2. The maximum atomic E-state index is 14.4. The Morgan fingerprint density at radius 3 is 1.69 bits per heavy atom. The van der Waals surface area contributed by atoms with Gasteiger partial charge in [-0.1, -0.05) is 0 Å². The second-order valence-corrected chi connectivity index (χ2v) is 11.3. The number of hydrogen-bond acceptors (Lipinski definition) is 17. The number of ketones is 2. The van der Waals surface area contributed by atoms with Crippen molar-refractivity contribution < 1.29 is 83.2 Å². The Morgan fingerprint density at radius 1 is 0.625 bits per heavy atom. The van der Waals surface area contributed by atoms with Crippen molar-refractivity contribution in [3.8, 4) is 28.7 Å². The van der Waals surface area contributed by atoms with Crippen LogP contribution in [0.5, 0.6) is 28.7 Å². The Kier molecular flexibility index (Phi) is 10.5. The van der Waals surface area contributed by atoms with Gasteiger partial charge in [-0.25, -0.2) is 0 Å². The third-order valence-corrected chi connectivity index (χ3v) is 8.67. The molecule has 3 aliphatic rings. The second kappa shape index (κ2) is 14.1. The highest BCUT2D eigenvalue weighted by Gasteiger charge is 2.52. The molecule has 17 heteroatoms. The number of aliphatic hydroxyl groups is 7. The average Bonchev–Trinajstić information content (AvgIpc) is 3.09. The summed E-state index contributed by atoms with van der Waals surface area (Å²) in [5, 5.41) is 72.4. The summed E-state index contributed by atoms with van der Waals surface area (Å²) in [7, 11) is 5.28. The van der Waals surface area contributed by atoms with Gasteiger partial charge in [0.2, 0.25) is 17.8 Å². The van der Waals surface area contributed by atoms with E-state index in [1.807, 2.05) is 0 Å². The summed E-state index contributed by atoms with van der Waals surface area (Å²) in [6.07, 6.45) is -17.4. The van der Waals surface area contributed by atoms with E-state index >= 15 is 0 Å². The van der Waals surface area contributed by atoms with Crippen molar-refractivity contribution in [2.45, 2.75) is 68.3 Å². The minimum Gasteiger partial charge on any atom is -0.496 e. The molecule has 264 valence electrons. The van der Waals surface area contributed by atoms with E-state index in [1.54, 1.807) is 0 Å². The predicted molar refractivity (Wildman–Crippen MR) is 158 cm³/mol. The van der Waals surface area contributed by atoms with Crippen LogP contribution in [-0.2, 0) is 14.2 Å². The molecule has 0 unspecified atom stereocenters. The molecule has 7 N–H and O–H groups in total. The highest BCUT2D eigenvalue weighted by molar-refractivity contribution is 6.31. The molecule has 48 heavy (non-hydrogen) atoms. The molecular weight excluding hydrogens is 644 g/mol. The molecule has 2 aromatic rings. The third kappa shape index (κ3) is 5.75. The first-order valence-corrected chi connectivity index (χ1v) is 14.8. The van der Waals surface area contributed by atoms with Gasteiger partial charge in [-0.15, -0.1) is 0 Å². The molecule has 0 radical (unpaired) electrons. The third-order valence-electron chi connectivity index (χ3n) is 8.67. The lowest BCUT2D eigenvalue weighted by Crippen LogP contribution is -2.65. The van der Waals surface area contributed by atoms with Crippen molar-refractivity contribution in [3.05, 3.63) is 39.9 Å². The highest BCUT2D eigenvalue weighted by atomic mass is 16.8. The van der Waals surface area contributed by atoms with Gasteiger partial charge >= 0.3 is 0 Å². The van der Waals surface area contributed by atoms with Gasteiger partial charge in [0.25, 0.3) is 0 Å². The van der Waals surface area contributed by atoms with Gasteiger partial charge in [-0.3, -0.25) is 9.59 Å². The molecule has 0 amide bonds. The molecule has 5 rings (SSSR count). The zero-order valence-electron chi connectivity index (χ0n) is 26.6. The van der Waals surface area contributed by atoms with Crippen LogP contribution in [0.1, 0.15) is 37.4 Å². The van der Waals surface area contributed by atoms with Gasteiger partial charge < -0.3 is 73.6 Å². The summed E-state index contributed by atoms with van der Waals surface area (Å²) >= 11 is 0. The van der Waals surface area contributed by atoms with Crippen molar-refractivity contribution in [2.75, 3.05) is 41.7 Å². The van der Waals surface area contributed by atoms with Gasteiger partial charge in [0.15, 0.2) is 29.7 Å². The highest BCUT2D eigenvalue weighted by Crippen LogP contribution is 2.49. The number of aliphatic hydroxyl groups excluding tert-OH is 7. The van der Waals surface area contributed by atoms with E-state index in [4.69, 9.17) is 37.9 Å². The Balaban J connectivity index is 1.63. The molecule has 2 heterocycles. The largest absolute Gasteiger partial charge is 0.496 e. The van der Waals surface area contributed by atoms with E-state index < -0.39 is 86.2 Å². The van der Waals surface area contributed by atoms with Crippen molar-refractivity contribution in [1.82, 2.24) is 0 Å². The SMILES string of the molecule is COc1cc2c(c(O[C@@H]3O[C@H](CO)[C@@H](O)[C@@H](O)[C@H]3O[C@@H]3O[C@H](CO)[C@@H](O)[C@H](O)[C@@H]3O)c1C)C(=O)c1c(cc(OC)c(OC)c1OC)C2=O. The summed E-state index contributed by atoms with van der Waals surface area (Å²) in [5.74, 6) is -1.45. The number of carbonyl (C=O) groups excluding carboxylic acids is 2. The number of benzene rings is 2. The lowest BCUT2D eigenvalue weighted by atomic mass is 9.81. The summed E-state index contributed by atoms with van der Waals surface area (Å²) < 4.78 is 44.9. The van der Waals surface area contributed by atoms with Crippen LogP contribution in [0.15, 0.2) is 12.1 Å². The van der Waals surface area contributed by atoms with E-state index in [2.05, 4.69) is 0 Å². The fourth-order valence-electron chi connectivity index (χ4n) is 6.07. The molecule has 0 spiro atoms. The standard InChI is InChI=1S/C31H38O17/c1-10-13(41-2)6-11-17(22(37)18-12(19(11)34)7-14(42-3)27(43-4)28(18)44-5)26(10)47-31-29(24(39)21(36)16(9-33)46-31)48-30-25(40)23(38)20(35)15(8-32)45-30/h6-7,15-16,20-21,23-25,29-33,35-36,38-40H,8-9H2,1-5H3/t15-,16-,20-,21-,23+,24-,25+,29-,30+,31+/m1/s1. The van der Waals surface area contributed by atoms with Crippen LogP contribution in [0.25, 0.3) is 0 Å². The minimum absolute atomic E-state index is 0.0440. The van der Waals surface area contributed by atoms with Crippen LogP contribution >= 0.6 is 0 Å². The van der Waals surface area contributed by atoms with Gasteiger partial charge in [0.05, 0.1) is 52.8 Å². The molecule has 2 aliphatic heterocycles. The Morgan fingerprint density at radius 2 is 1.15 bits per heavy atom. The van der Waals surface area contributed by atoms with Crippen LogP contribution in [0, 0.1) is 6.92 Å². The molecule has 1 aliphatic carbocycles. The van der Waals surface area contributed by atoms with Crippen LogP contribution < -0.4 is 23.7 Å². The number of ether oxygens (including phenoxy) is 8. The summed E-state index contributed by atoms with van der Waals surface area (Å²) in [6.45, 7) is -0.0706. The van der Waals surface area contributed by atoms with E-state index in [1.165, 1.54) is 47.5 Å². The van der Waals surface area contributed by atoms with Crippen molar-refractivity contribution in [3.63, 3.8) is 0 Å². The summed E-state index contributed by atoms with van der Waals surface area (Å²) in [6, 6.07) is 2.69. The van der Waals surface area contributed by atoms with Crippen LogP contribution in [0.2, 0.25) is 0 Å². The first kappa shape index (κ1) is 35.7. The first-order chi connectivity index (χ1) is 22.9. The van der Waals surface area contributed by atoms with E-state index in [9.17, 15) is 45.3 Å².